The molecule has 18 heavy (non-hydrogen) atoms. The Morgan fingerprint density at radius 1 is 1.28 bits per heavy atom. The molecular formula is C14H15ClN2S. The summed E-state index contributed by atoms with van der Waals surface area (Å²) in [6.07, 6.45) is 2.55. The van der Waals surface area contributed by atoms with Crippen LogP contribution in [0, 0.1) is 6.92 Å². The largest absolute Gasteiger partial charge is 0.330 e. The van der Waals surface area contributed by atoms with Gasteiger partial charge < -0.3 is 5.73 Å². The van der Waals surface area contributed by atoms with Crippen LogP contribution in [0.4, 0.5) is 0 Å². The minimum Gasteiger partial charge on any atom is -0.330 e. The van der Waals surface area contributed by atoms with Crippen LogP contribution in [0.25, 0.3) is 0 Å². The molecule has 2 aromatic rings. The van der Waals surface area contributed by atoms with Crippen molar-refractivity contribution >= 4 is 23.4 Å². The molecule has 0 saturated heterocycles. The Labute approximate surface area is 117 Å². The predicted octanol–water partition coefficient (Wildman–Crippen LogP) is 3.70. The summed E-state index contributed by atoms with van der Waals surface area (Å²) in [4.78, 5) is 5.51. The molecule has 0 amide bonds. The molecule has 94 valence electrons. The topological polar surface area (TPSA) is 38.9 Å². The van der Waals surface area contributed by atoms with E-state index in [2.05, 4.69) is 30.1 Å². The van der Waals surface area contributed by atoms with E-state index in [1.54, 1.807) is 18.0 Å². The standard InChI is InChI=1S/C14H15ClN2S/c1-10-2-4-13(11(8-10)6-7-16)18-14-5-3-12(15)9-17-14/h2-5,8-9H,6-7,16H2,1H3. The van der Waals surface area contributed by atoms with Gasteiger partial charge in [0.25, 0.3) is 0 Å². The van der Waals surface area contributed by atoms with Gasteiger partial charge in [0, 0.05) is 11.1 Å². The molecule has 1 aromatic heterocycles. The summed E-state index contributed by atoms with van der Waals surface area (Å²) in [6, 6.07) is 10.2. The van der Waals surface area contributed by atoms with E-state index in [1.165, 1.54) is 16.0 Å². The zero-order valence-corrected chi connectivity index (χ0v) is 11.8. The third-order valence-corrected chi connectivity index (χ3v) is 3.84. The van der Waals surface area contributed by atoms with E-state index in [9.17, 15) is 0 Å². The third-order valence-electron chi connectivity index (χ3n) is 2.54. The van der Waals surface area contributed by atoms with Crippen LogP contribution in [0.1, 0.15) is 11.1 Å². The lowest BCUT2D eigenvalue weighted by Gasteiger charge is -2.09. The first kappa shape index (κ1) is 13.4. The van der Waals surface area contributed by atoms with Crippen LogP contribution in [0.5, 0.6) is 0 Å². The van der Waals surface area contributed by atoms with Crippen LogP contribution in [-0.2, 0) is 6.42 Å². The molecule has 0 aliphatic carbocycles. The molecule has 0 aliphatic heterocycles. The van der Waals surface area contributed by atoms with Crippen LogP contribution < -0.4 is 5.73 Å². The van der Waals surface area contributed by atoms with Gasteiger partial charge in [0.2, 0.25) is 0 Å². The summed E-state index contributed by atoms with van der Waals surface area (Å²) in [5, 5.41) is 1.60. The highest BCUT2D eigenvalue weighted by atomic mass is 35.5. The number of nitrogens with two attached hydrogens (primary N) is 1. The molecule has 2 rings (SSSR count). The van der Waals surface area contributed by atoms with Crippen LogP contribution in [0.15, 0.2) is 46.5 Å². The third kappa shape index (κ3) is 3.48. The molecular weight excluding hydrogens is 264 g/mol. The Balaban J connectivity index is 2.25. The fourth-order valence-corrected chi connectivity index (χ4v) is 2.70. The van der Waals surface area contributed by atoms with Gasteiger partial charge in [-0.3, -0.25) is 0 Å². The number of hydrogen-bond acceptors (Lipinski definition) is 3. The average Bonchev–Trinajstić information content (AvgIpc) is 2.36. The molecule has 0 unspecified atom stereocenters. The summed E-state index contributed by atoms with van der Waals surface area (Å²) in [7, 11) is 0. The summed E-state index contributed by atoms with van der Waals surface area (Å²) < 4.78 is 0. The summed E-state index contributed by atoms with van der Waals surface area (Å²) >= 11 is 7.47. The van der Waals surface area contributed by atoms with E-state index in [0.29, 0.717) is 11.6 Å². The molecule has 0 radical (unpaired) electrons. The minimum absolute atomic E-state index is 0.658. The molecule has 2 N–H and O–H groups in total. The van der Waals surface area contributed by atoms with Gasteiger partial charge in [0.05, 0.1) is 5.02 Å². The van der Waals surface area contributed by atoms with Crippen LogP contribution >= 0.6 is 23.4 Å². The minimum atomic E-state index is 0.658. The lowest BCUT2D eigenvalue weighted by atomic mass is 10.1. The number of hydrogen-bond donors (Lipinski definition) is 1. The second-order valence-electron chi connectivity index (χ2n) is 4.07. The smallest absolute Gasteiger partial charge is 0.101 e. The highest BCUT2D eigenvalue weighted by Gasteiger charge is 2.05. The molecule has 4 heteroatoms. The summed E-state index contributed by atoms with van der Waals surface area (Å²) in [6.45, 7) is 2.75. The molecule has 0 spiro atoms. The van der Waals surface area contributed by atoms with Crippen molar-refractivity contribution in [3.05, 3.63) is 52.7 Å². The van der Waals surface area contributed by atoms with Crippen molar-refractivity contribution in [2.45, 2.75) is 23.3 Å². The van der Waals surface area contributed by atoms with Gasteiger partial charge in [0.1, 0.15) is 5.03 Å². The van der Waals surface area contributed by atoms with Gasteiger partial charge in [-0.2, -0.15) is 0 Å². The lowest BCUT2D eigenvalue weighted by Crippen LogP contribution is -2.04. The van der Waals surface area contributed by atoms with Crippen molar-refractivity contribution in [3.63, 3.8) is 0 Å². The highest BCUT2D eigenvalue weighted by Crippen LogP contribution is 2.30. The Hall–Kier alpha value is -1.03. The molecule has 0 atom stereocenters. The molecule has 0 fully saturated rings. The zero-order chi connectivity index (χ0) is 13.0. The Bertz CT molecular complexity index is 526. The van der Waals surface area contributed by atoms with Gasteiger partial charge in [-0.15, -0.1) is 0 Å². The molecule has 0 bridgehead atoms. The molecule has 1 heterocycles. The number of halogens is 1. The number of nitrogens with zero attached hydrogens (tertiary/aromatic N) is 1. The fraction of sp³-hybridized carbons (Fsp3) is 0.214. The van der Waals surface area contributed by atoms with Gasteiger partial charge in [-0.1, -0.05) is 41.1 Å². The molecule has 0 aliphatic rings. The van der Waals surface area contributed by atoms with Crippen molar-refractivity contribution in [1.29, 1.82) is 0 Å². The second-order valence-corrected chi connectivity index (χ2v) is 5.57. The van der Waals surface area contributed by atoms with Gasteiger partial charge >= 0.3 is 0 Å². The predicted molar refractivity (Wildman–Crippen MR) is 77.3 cm³/mol. The van der Waals surface area contributed by atoms with Crippen LogP contribution in [-0.4, -0.2) is 11.5 Å². The number of aryl methyl sites for hydroxylation is 1. The maximum atomic E-state index is 5.83. The Morgan fingerprint density at radius 3 is 2.78 bits per heavy atom. The van der Waals surface area contributed by atoms with E-state index in [4.69, 9.17) is 17.3 Å². The highest BCUT2D eigenvalue weighted by molar-refractivity contribution is 7.99. The quantitative estimate of drug-likeness (QED) is 0.927. The number of rotatable bonds is 4. The van der Waals surface area contributed by atoms with Crippen molar-refractivity contribution in [2.24, 2.45) is 5.73 Å². The number of pyridine rings is 1. The Kier molecular flexibility index (Phi) is 4.64. The van der Waals surface area contributed by atoms with E-state index in [0.717, 1.165) is 11.4 Å². The summed E-state index contributed by atoms with van der Waals surface area (Å²) in [5.41, 5.74) is 8.18. The molecule has 1 aromatic carbocycles. The first-order valence-corrected chi connectivity index (χ1v) is 6.97. The summed E-state index contributed by atoms with van der Waals surface area (Å²) in [5.74, 6) is 0. The normalized spacial score (nSPS) is 10.6. The number of aromatic nitrogens is 1. The maximum Gasteiger partial charge on any atom is 0.101 e. The lowest BCUT2D eigenvalue weighted by molar-refractivity contribution is 0.940. The van der Waals surface area contributed by atoms with Crippen LogP contribution in [0.2, 0.25) is 5.02 Å². The average molecular weight is 279 g/mol. The van der Waals surface area contributed by atoms with Crippen LogP contribution in [0.3, 0.4) is 0 Å². The SMILES string of the molecule is Cc1ccc(Sc2ccc(Cl)cn2)c(CCN)c1. The van der Waals surface area contributed by atoms with Gasteiger partial charge in [-0.05, 0) is 43.7 Å². The van der Waals surface area contributed by atoms with E-state index in [-0.39, 0.29) is 0 Å². The monoisotopic (exact) mass is 278 g/mol. The molecule has 2 nitrogen and oxygen atoms in total. The van der Waals surface area contributed by atoms with E-state index >= 15 is 0 Å². The molecule has 0 saturated carbocycles. The van der Waals surface area contributed by atoms with Gasteiger partial charge in [0.15, 0.2) is 0 Å². The van der Waals surface area contributed by atoms with Crippen molar-refractivity contribution in [1.82, 2.24) is 4.98 Å². The first-order chi connectivity index (χ1) is 8.69. The fourth-order valence-electron chi connectivity index (χ4n) is 1.69. The van der Waals surface area contributed by atoms with Crippen molar-refractivity contribution in [2.75, 3.05) is 6.54 Å². The Morgan fingerprint density at radius 2 is 2.11 bits per heavy atom. The van der Waals surface area contributed by atoms with E-state index in [1.807, 2.05) is 12.1 Å². The maximum absolute atomic E-state index is 5.83. The zero-order valence-electron chi connectivity index (χ0n) is 10.2. The van der Waals surface area contributed by atoms with Crippen molar-refractivity contribution in [3.8, 4) is 0 Å². The first-order valence-electron chi connectivity index (χ1n) is 5.78. The van der Waals surface area contributed by atoms with Crippen molar-refractivity contribution < 1.29 is 0 Å². The second kappa shape index (κ2) is 6.23. The van der Waals surface area contributed by atoms with Gasteiger partial charge in [-0.25, -0.2) is 4.98 Å². The van der Waals surface area contributed by atoms with E-state index < -0.39 is 0 Å². The number of benzene rings is 1.